The highest BCUT2D eigenvalue weighted by Gasteiger charge is 2.60. The molecule has 0 bridgehead atoms. The third-order valence-corrected chi connectivity index (χ3v) is 6.75. The van der Waals surface area contributed by atoms with E-state index in [9.17, 15) is 34.5 Å². The highest BCUT2D eigenvalue weighted by atomic mass is 16.6. The Bertz CT molecular complexity index is 633. The zero-order valence-corrected chi connectivity index (χ0v) is 21.4. The molecule has 0 heterocycles. The van der Waals surface area contributed by atoms with Crippen molar-refractivity contribution >= 4 is 23.9 Å². The average Bonchev–Trinajstić information content (AvgIpc) is 2.76. The van der Waals surface area contributed by atoms with Crippen LogP contribution < -0.4 is 15.3 Å². The van der Waals surface area contributed by atoms with E-state index >= 15 is 0 Å². The van der Waals surface area contributed by atoms with E-state index in [1.807, 2.05) is 20.8 Å². The molecule has 0 aliphatic heterocycles. The Kier molecular flexibility index (Phi) is 15.5. The second-order valence-electron chi connectivity index (χ2n) is 9.33. The summed E-state index contributed by atoms with van der Waals surface area (Å²) >= 11 is 0. The predicted octanol–water partition coefficient (Wildman–Crippen LogP) is 2.05. The van der Waals surface area contributed by atoms with Crippen LogP contribution in [0.1, 0.15) is 124 Å². The normalized spacial score (nSPS) is 14.2. The number of unbranched alkanes of at least 4 members (excludes halogenated alkanes) is 9. The Labute approximate surface area is 204 Å². The topological polar surface area (TPSA) is 147 Å². The molecule has 0 fully saturated rings. The summed E-state index contributed by atoms with van der Waals surface area (Å²) in [5.74, 6) is -8.49. The summed E-state index contributed by atoms with van der Waals surface area (Å²) in [4.78, 5) is 50.0. The van der Waals surface area contributed by atoms with Crippen molar-refractivity contribution in [2.45, 2.75) is 130 Å². The molecule has 2 unspecified atom stereocenters. The number of hydrogen-bond donors (Lipinski definition) is 0. The highest BCUT2D eigenvalue weighted by Crippen LogP contribution is 2.49. The summed E-state index contributed by atoms with van der Waals surface area (Å²) in [5.41, 5.74) is -5.18. The van der Waals surface area contributed by atoms with E-state index in [0.717, 1.165) is 45.4 Å². The molecular weight excluding hydrogens is 440 g/mol. The number of carboxylic acids is 3. The molecule has 0 spiro atoms. The Morgan fingerprint density at radius 3 is 1.44 bits per heavy atom. The minimum Gasteiger partial charge on any atom is -0.550 e. The molecule has 0 amide bonds. The number of carbonyl (C=O) groups is 4. The molecule has 0 N–H and O–H groups in total. The van der Waals surface area contributed by atoms with Gasteiger partial charge in [-0.3, -0.25) is 4.79 Å². The maximum Gasteiger partial charge on any atom is 0.303 e. The minimum atomic E-state index is -2.93. The van der Waals surface area contributed by atoms with Gasteiger partial charge in [-0.1, -0.05) is 97.8 Å². The first-order chi connectivity index (χ1) is 16.1. The fourth-order valence-electron chi connectivity index (χ4n) is 4.93. The quantitative estimate of drug-likeness (QED) is 0.178. The van der Waals surface area contributed by atoms with Crippen molar-refractivity contribution in [1.82, 2.24) is 0 Å². The third kappa shape index (κ3) is 8.58. The number of rotatable bonds is 21. The summed E-state index contributed by atoms with van der Waals surface area (Å²) in [6, 6.07) is 0. The number of esters is 1. The molecule has 0 aliphatic carbocycles. The molecule has 8 nitrogen and oxygen atoms in total. The van der Waals surface area contributed by atoms with Gasteiger partial charge in [-0.05, 0) is 19.3 Å². The van der Waals surface area contributed by atoms with Gasteiger partial charge in [0.25, 0.3) is 0 Å². The first-order valence-electron chi connectivity index (χ1n) is 12.9. The lowest BCUT2D eigenvalue weighted by atomic mass is 9.59. The zero-order valence-electron chi connectivity index (χ0n) is 21.4. The fourth-order valence-corrected chi connectivity index (χ4v) is 4.93. The molecule has 2 atom stereocenters. The third-order valence-electron chi connectivity index (χ3n) is 6.75. The van der Waals surface area contributed by atoms with Gasteiger partial charge in [-0.2, -0.15) is 0 Å². The Balaban J connectivity index is 6.77. The summed E-state index contributed by atoms with van der Waals surface area (Å²) in [5, 5.41) is 37.8. The molecule has 198 valence electrons. The molecule has 0 saturated carbocycles. The van der Waals surface area contributed by atoms with Crippen LogP contribution in [0.5, 0.6) is 0 Å². The highest BCUT2D eigenvalue weighted by molar-refractivity contribution is 5.93. The molecule has 0 saturated heterocycles. The van der Waals surface area contributed by atoms with E-state index in [4.69, 9.17) is 4.74 Å². The van der Waals surface area contributed by atoms with Gasteiger partial charge in [0, 0.05) is 18.8 Å². The second kappa shape index (κ2) is 16.5. The number of carbonyl (C=O) groups excluding carboxylic acids is 4. The van der Waals surface area contributed by atoms with Crippen molar-refractivity contribution in [3.8, 4) is 0 Å². The lowest BCUT2D eigenvalue weighted by Crippen LogP contribution is -2.72. The van der Waals surface area contributed by atoms with Gasteiger partial charge in [-0.15, -0.1) is 0 Å². The lowest BCUT2D eigenvalue weighted by molar-refractivity contribution is -0.365. The summed E-state index contributed by atoms with van der Waals surface area (Å²) in [7, 11) is 0. The molecule has 34 heavy (non-hydrogen) atoms. The van der Waals surface area contributed by atoms with Crippen molar-refractivity contribution in [1.29, 1.82) is 0 Å². The average molecular weight is 484 g/mol. The fraction of sp³-hybridized carbons (Fsp3) is 0.846. The van der Waals surface area contributed by atoms with E-state index in [2.05, 4.69) is 0 Å². The van der Waals surface area contributed by atoms with Gasteiger partial charge < -0.3 is 34.4 Å². The molecule has 0 radical (unpaired) electrons. The SMILES string of the molecule is CCCCCCC(C(=O)[O-])C(OC(C)=O)(C(=O)[O-])C(CCCCCC)(CCCCCC)C(=O)[O-]. The van der Waals surface area contributed by atoms with Crippen LogP contribution >= 0.6 is 0 Å². The van der Waals surface area contributed by atoms with E-state index in [1.54, 1.807) is 0 Å². The molecule has 0 rings (SSSR count). The van der Waals surface area contributed by atoms with Crippen LogP contribution in [-0.2, 0) is 23.9 Å². The van der Waals surface area contributed by atoms with Crippen molar-refractivity contribution in [2.75, 3.05) is 0 Å². The standard InChI is InChI=1S/C26H46O8/c1-5-8-11-14-17-21(22(28)29)26(24(32)33,34-20(4)27)25(23(30)31,18-15-12-9-6-2)19-16-13-10-7-3/h21H,5-19H2,1-4H3,(H,28,29)(H,30,31)(H,32,33)/p-3. The van der Waals surface area contributed by atoms with E-state index in [1.165, 1.54) is 0 Å². The van der Waals surface area contributed by atoms with Crippen molar-refractivity contribution in [3.05, 3.63) is 0 Å². The largest absolute Gasteiger partial charge is 0.550 e. The van der Waals surface area contributed by atoms with E-state index in [-0.39, 0.29) is 19.3 Å². The van der Waals surface area contributed by atoms with E-state index in [0.29, 0.717) is 38.5 Å². The zero-order chi connectivity index (χ0) is 26.2. The van der Waals surface area contributed by atoms with Gasteiger partial charge >= 0.3 is 5.97 Å². The van der Waals surface area contributed by atoms with E-state index < -0.39 is 40.8 Å². The van der Waals surface area contributed by atoms with Crippen LogP contribution in [0.3, 0.4) is 0 Å². The minimum absolute atomic E-state index is 0.193. The Morgan fingerprint density at radius 2 is 1.12 bits per heavy atom. The van der Waals surface area contributed by atoms with Crippen molar-refractivity contribution in [2.24, 2.45) is 11.3 Å². The van der Waals surface area contributed by atoms with Gasteiger partial charge in [0.1, 0.15) is 0 Å². The first-order valence-corrected chi connectivity index (χ1v) is 12.9. The van der Waals surface area contributed by atoms with Crippen LogP contribution in [0.25, 0.3) is 0 Å². The summed E-state index contributed by atoms with van der Waals surface area (Å²) in [6.07, 6.45) is 7.21. The Morgan fingerprint density at radius 1 is 0.676 bits per heavy atom. The van der Waals surface area contributed by atoms with Gasteiger partial charge in [-0.25, -0.2) is 0 Å². The van der Waals surface area contributed by atoms with Crippen LogP contribution in [0, 0.1) is 11.3 Å². The summed E-state index contributed by atoms with van der Waals surface area (Å²) in [6.45, 7) is 6.86. The monoisotopic (exact) mass is 483 g/mol. The molecule has 0 aliphatic rings. The van der Waals surface area contributed by atoms with Crippen LogP contribution in [0.2, 0.25) is 0 Å². The van der Waals surface area contributed by atoms with Crippen molar-refractivity contribution in [3.63, 3.8) is 0 Å². The Hall–Kier alpha value is -2.12. The van der Waals surface area contributed by atoms with Gasteiger partial charge in [0.2, 0.25) is 0 Å². The molecule has 0 aromatic rings. The summed E-state index contributed by atoms with van der Waals surface area (Å²) < 4.78 is 5.28. The number of ether oxygens (including phenoxy) is 1. The predicted molar refractivity (Wildman–Crippen MR) is 122 cm³/mol. The number of carboxylic acid groups (broad SMARTS) is 3. The van der Waals surface area contributed by atoms with Crippen LogP contribution in [0.4, 0.5) is 0 Å². The second-order valence-corrected chi connectivity index (χ2v) is 9.33. The maximum absolute atomic E-state index is 12.8. The van der Waals surface area contributed by atoms with Gasteiger partial charge in [0.05, 0.1) is 17.4 Å². The van der Waals surface area contributed by atoms with Crippen LogP contribution in [0.15, 0.2) is 0 Å². The van der Waals surface area contributed by atoms with Crippen LogP contribution in [-0.4, -0.2) is 29.5 Å². The van der Waals surface area contributed by atoms with Crippen molar-refractivity contribution < 1.29 is 39.2 Å². The molecule has 0 aromatic heterocycles. The molecule has 0 aromatic carbocycles. The van der Waals surface area contributed by atoms with Gasteiger partial charge in [0.15, 0.2) is 5.60 Å². The molecule has 8 heteroatoms. The first kappa shape index (κ1) is 31.9. The lowest BCUT2D eigenvalue weighted by Gasteiger charge is -2.55. The molecular formula is C26H43O8-3. The number of hydrogen-bond acceptors (Lipinski definition) is 8. The maximum atomic E-state index is 12.8. The smallest absolute Gasteiger partial charge is 0.303 e. The number of aliphatic carboxylic acids is 3.